The highest BCUT2D eigenvalue weighted by Gasteiger charge is 2.44. The molecule has 4 rings (SSSR count). The van der Waals surface area contributed by atoms with E-state index in [-0.39, 0.29) is 24.8 Å². The van der Waals surface area contributed by atoms with Crippen LogP contribution in [0.5, 0.6) is 0 Å². The number of likely N-dealkylation sites (tertiary alicyclic amines) is 1. The number of amides is 4. The Morgan fingerprint density at radius 3 is 2.59 bits per heavy atom. The molecule has 8 nitrogen and oxygen atoms in total. The van der Waals surface area contributed by atoms with Gasteiger partial charge in [0.2, 0.25) is 5.91 Å². The lowest BCUT2D eigenvalue weighted by Crippen LogP contribution is -2.42. The molecule has 0 aromatic carbocycles. The van der Waals surface area contributed by atoms with Gasteiger partial charge in [-0.1, -0.05) is 0 Å². The molecule has 2 aliphatic rings. The van der Waals surface area contributed by atoms with Gasteiger partial charge >= 0.3 is 6.03 Å². The molecular formula is C20H27N5O3S. The fourth-order valence-electron chi connectivity index (χ4n) is 4.31. The first-order valence-corrected chi connectivity index (χ1v) is 10.9. The van der Waals surface area contributed by atoms with E-state index >= 15 is 0 Å². The summed E-state index contributed by atoms with van der Waals surface area (Å²) in [5.74, 6) is 1.09. The molecule has 2 aliphatic heterocycles. The van der Waals surface area contributed by atoms with E-state index in [0.29, 0.717) is 19.0 Å². The van der Waals surface area contributed by atoms with Crippen molar-refractivity contribution >= 4 is 34.0 Å². The molecule has 0 spiro atoms. The summed E-state index contributed by atoms with van der Waals surface area (Å²) < 4.78 is 2.21. The van der Waals surface area contributed by atoms with Crippen LogP contribution in [0.2, 0.25) is 0 Å². The van der Waals surface area contributed by atoms with Gasteiger partial charge in [0.1, 0.15) is 16.2 Å². The van der Waals surface area contributed by atoms with Crippen molar-refractivity contribution in [2.45, 2.75) is 58.4 Å². The normalized spacial score (nSPS) is 20.0. The molecule has 2 aromatic heterocycles. The zero-order valence-corrected chi connectivity index (χ0v) is 18.1. The fraction of sp³-hybridized carbons (Fsp3) is 0.600. The van der Waals surface area contributed by atoms with Crippen molar-refractivity contribution in [3.05, 3.63) is 22.6 Å². The van der Waals surface area contributed by atoms with Gasteiger partial charge in [0.05, 0.1) is 5.69 Å². The van der Waals surface area contributed by atoms with E-state index in [4.69, 9.17) is 4.98 Å². The maximum atomic E-state index is 12.6. The van der Waals surface area contributed by atoms with Crippen LogP contribution in [0.4, 0.5) is 4.79 Å². The third-order valence-corrected chi connectivity index (χ3v) is 7.02. The molecule has 0 saturated carbocycles. The second kappa shape index (κ2) is 7.12. The van der Waals surface area contributed by atoms with Crippen molar-refractivity contribution < 1.29 is 14.4 Å². The van der Waals surface area contributed by atoms with Crippen LogP contribution < -0.4 is 5.32 Å². The maximum Gasteiger partial charge on any atom is 0.325 e. The molecule has 2 aromatic rings. The molecule has 4 heterocycles. The average molecular weight is 418 g/mol. The number of imide groups is 1. The standard InChI is InChI=1S/C20H27N5O3S/c1-12-11-29-17-16(21-13(2)25(12)17)14-5-8-23(9-6-14)15(26)7-10-24-18(27)20(3,4)22-19(24)28/h11,14H,5-10H2,1-4H3,(H,22,28). The van der Waals surface area contributed by atoms with Crippen LogP contribution in [-0.4, -0.2) is 62.2 Å². The van der Waals surface area contributed by atoms with E-state index in [1.54, 1.807) is 25.2 Å². The summed E-state index contributed by atoms with van der Waals surface area (Å²) >= 11 is 1.73. The number of nitrogens with one attached hydrogen (secondary N) is 1. The van der Waals surface area contributed by atoms with Gasteiger partial charge in [-0.05, 0) is 40.5 Å². The number of fused-ring (bicyclic) bond motifs is 1. The number of aryl methyl sites for hydroxylation is 2. The average Bonchev–Trinajstić information content (AvgIpc) is 3.27. The lowest BCUT2D eigenvalue weighted by atomic mass is 9.94. The number of carbonyl (C=O) groups is 3. The first-order chi connectivity index (χ1) is 13.7. The summed E-state index contributed by atoms with van der Waals surface area (Å²) in [4.78, 5) is 45.9. The number of urea groups is 1. The molecule has 2 fully saturated rings. The molecule has 4 amide bonds. The summed E-state index contributed by atoms with van der Waals surface area (Å²) in [6, 6.07) is -0.420. The van der Waals surface area contributed by atoms with E-state index in [1.165, 1.54) is 10.5 Å². The van der Waals surface area contributed by atoms with Gasteiger partial charge in [0.25, 0.3) is 5.91 Å². The van der Waals surface area contributed by atoms with Crippen LogP contribution in [0.25, 0.3) is 4.83 Å². The van der Waals surface area contributed by atoms with E-state index in [0.717, 1.165) is 29.3 Å². The Bertz CT molecular complexity index is 984. The minimum Gasteiger partial charge on any atom is -0.343 e. The summed E-state index contributed by atoms with van der Waals surface area (Å²) in [7, 11) is 0. The van der Waals surface area contributed by atoms with Crippen molar-refractivity contribution in [1.29, 1.82) is 0 Å². The second-order valence-electron chi connectivity index (χ2n) is 8.48. The Labute approximate surface area is 173 Å². The molecule has 0 radical (unpaired) electrons. The molecule has 29 heavy (non-hydrogen) atoms. The zero-order chi connectivity index (χ0) is 20.9. The quantitative estimate of drug-likeness (QED) is 0.774. The van der Waals surface area contributed by atoms with Crippen molar-refractivity contribution in [2.24, 2.45) is 0 Å². The summed E-state index contributed by atoms with van der Waals surface area (Å²) in [6.45, 7) is 8.95. The lowest BCUT2D eigenvalue weighted by Gasteiger charge is -2.31. The number of piperidine rings is 1. The molecule has 0 aliphatic carbocycles. The Hall–Kier alpha value is -2.42. The van der Waals surface area contributed by atoms with E-state index < -0.39 is 11.6 Å². The molecular weight excluding hydrogens is 390 g/mol. The summed E-state index contributed by atoms with van der Waals surface area (Å²) in [5.41, 5.74) is 1.46. The Kier molecular flexibility index (Phi) is 4.88. The first-order valence-electron chi connectivity index (χ1n) is 10.0. The van der Waals surface area contributed by atoms with Crippen molar-refractivity contribution in [1.82, 2.24) is 24.5 Å². The molecule has 9 heteroatoms. The predicted molar refractivity (Wildman–Crippen MR) is 110 cm³/mol. The number of rotatable bonds is 4. The van der Waals surface area contributed by atoms with E-state index in [2.05, 4.69) is 22.0 Å². The highest BCUT2D eigenvalue weighted by atomic mass is 32.1. The van der Waals surface area contributed by atoms with Crippen LogP contribution in [0.15, 0.2) is 5.38 Å². The molecule has 2 saturated heterocycles. The SMILES string of the molecule is Cc1csc2c(C3CCN(C(=O)CCN4C(=O)NC(C)(C)C4=O)CC3)nc(C)n12. The van der Waals surface area contributed by atoms with Gasteiger partial charge in [-0.15, -0.1) is 11.3 Å². The highest BCUT2D eigenvalue weighted by molar-refractivity contribution is 7.15. The summed E-state index contributed by atoms with van der Waals surface area (Å²) in [6.07, 6.45) is 1.92. The fourth-order valence-corrected chi connectivity index (χ4v) is 5.41. The van der Waals surface area contributed by atoms with Gasteiger partial charge in [0.15, 0.2) is 0 Å². The smallest absolute Gasteiger partial charge is 0.325 e. The molecule has 0 bridgehead atoms. The zero-order valence-electron chi connectivity index (χ0n) is 17.3. The number of carbonyl (C=O) groups excluding carboxylic acids is 3. The van der Waals surface area contributed by atoms with Gasteiger partial charge in [-0.2, -0.15) is 0 Å². The predicted octanol–water partition coefficient (Wildman–Crippen LogP) is 2.44. The Morgan fingerprint density at radius 1 is 1.28 bits per heavy atom. The third-order valence-electron chi connectivity index (χ3n) is 5.95. The number of nitrogens with zero attached hydrogens (tertiary/aromatic N) is 4. The molecule has 0 unspecified atom stereocenters. The van der Waals surface area contributed by atoms with Crippen molar-refractivity contribution in [3.63, 3.8) is 0 Å². The van der Waals surface area contributed by atoms with Gasteiger partial charge in [-0.3, -0.25) is 18.9 Å². The minimum absolute atomic E-state index is 0.00751. The van der Waals surface area contributed by atoms with Gasteiger partial charge in [-0.25, -0.2) is 9.78 Å². The second-order valence-corrected chi connectivity index (χ2v) is 9.34. The molecule has 156 valence electrons. The maximum absolute atomic E-state index is 12.6. The number of aromatic nitrogens is 2. The van der Waals surface area contributed by atoms with Crippen molar-refractivity contribution in [2.75, 3.05) is 19.6 Å². The topological polar surface area (TPSA) is 87.0 Å². The first kappa shape index (κ1) is 19.9. The van der Waals surface area contributed by atoms with Crippen LogP contribution >= 0.6 is 11.3 Å². The molecule has 1 N–H and O–H groups in total. The highest BCUT2D eigenvalue weighted by Crippen LogP contribution is 2.34. The van der Waals surface area contributed by atoms with E-state index in [1.807, 2.05) is 11.8 Å². The lowest BCUT2D eigenvalue weighted by molar-refractivity contribution is -0.134. The number of hydrogen-bond acceptors (Lipinski definition) is 5. The third kappa shape index (κ3) is 3.41. The van der Waals surface area contributed by atoms with Crippen molar-refractivity contribution in [3.8, 4) is 0 Å². The van der Waals surface area contributed by atoms with Crippen LogP contribution in [-0.2, 0) is 9.59 Å². The monoisotopic (exact) mass is 417 g/mol. The van der Waals surface area contributed by atoms with Crippen LogP contribution in [0.3, 0.4) is 0 Å². The van der Waals surface area contributed by atoms with Gasteiger partial charge < -0.3 is 10.2 Å². The number of imidazole rings is 1. The largest absolute Gasteiger partial charge is 0.343 e. The van der Waals surface area contributed by atoms with E-state index in [9.17, 15) is 14.4 Å². The minimum atomic E-state index is -0.896. The van der Waals surface area contributed by atoms with Crippen LogP contribution in [0.1, 0.15) is 56.2 Å². The molecule has 0 atom stereocenters. The number of hydrogen-bond donors (Lipinski definition) is 1. The summed E-state index contributed by atoms with van der Waals surface area (Å²) in [5, 5.41) is 4.80. The Balaban J connectivity index is 1.34. The van der Waals surface area contributed by atoms with Crippen LogP contribution in [0, 0.1) is 13.8 Å². The van der Waals surface area contributed by atoms with Gasteiger partial charge in [0, 0.05) is 43.0 Å². The Morgan fingerprint density at radius 2 is 1.97 bits per heavy atom. The number of thiazole rings is 1.